The quantitative estimate of drug-likeness (QED) is 0.599. The van der Waals surface area contributed by atoms with Crippen molar-refractivity contribution < 1.29 is 9.53 Å². The summed E-state index contributed by atoms with van der Waals surface area (Å²) in [5, 5.41) is 3.22. The molecule has 1 aliphatic rings. The van der Waals surface area contributed by atoms with Crippen LogP contribution < -0.4 is 5.32 Å². The van der Waals surface area contributed by atoms with Crippen molar-refractivity contribution in [3.63, 3.8) is 0 Å². The van der Waals surface area contributed by atoms with Crippen LogP contribution in [0.5, 0.6) is 0 Å². The van der Waals surface area contributed by atoms with E-state index in [0.717, 1.165) is 19.3 Å². The Labute approximate surface area is 67.1 Å². The van der Waals surface area contributed by atoms with Crippen molar-refractivity contribution in [3.05, 3.63) is 0 Å². The molecule has 1 N–H and O–H groups in total. The molecule has 2 atom stereocenters. The van der Waals surface area contributed by atoms with E-state index in [9.17, 15) is 4.79 Å². The molecule has 0 aromatic heterocycles. The number of esters is 1. The monoisotopic (exact) mass is 157 g/mol. The Balaban J connectivity index is 2.35. The summed E-state index contributed by atoms with van der Waals surface area (Å²) < 4.78 is 4.63. The topological polar surface area (TPSA) is 38.3 Å². The average Bonchev–Trinajstić information content (AvgIpc) is 2.50. The lowest BCUT2D eigenvalue weighted by atomic mass is 10.1. The zero-order valence-corrected chi connectivity index (χ0v) is 7.09. The Morgan fingerprint density at radius 2 is 2.36 bits per heavy atom. The summed E-state index contributed by atoms with van der Waals surface area (Å²) in [7, 11) is 1.43. The highest BCUT2D eigenvalue weighted by Gasteiger charge is 2.28. The van der Waals surface area contributed by atoms with Gasteiger partial charge in [-0.2, -0.15) is 0 Å². The third-order valence-corrected chi connectivity index (χ3v) is 2.22. The van der Waals surface area contributed by atoms with Crippen molar-refractivity contribution in [1.82, 2.24) is 5.32 Å². The van der Waals surface area contributed by atoms with Crippen molar-refractivity contribution in [1.29, 1.82) is 0 Å². The zero-order chi connectivity index (χ0) is 8.27. The molecule has 1 aliphatic heterocycles. The lowest BCUT2D eigenvalue weighted by Crippen LogP contribution is -2.35. The van der Waals surface area contributed by atoms with E-state index in [1.165, 1.54) is 7.11 Å². The molecule has 0 radical (unpaired) electrons. The normalized spacial score (nSPS) is 30.4. The summed E-state index contributed by atoms with van der Waals surface area (Å²) in [6.07, 6.45) is 3.11. The number of methoxy groups -OCH3 is 1. The molecule has 1 heterocycles. The van der Waals surface area contributed by atoms with E-state index in [2.05, 4.69) is 17.0 Å². The Bertz CT molecular complexity index is 147. The molecule has 0 aromatic rings. The fraction of sp³-hybridized carbons (Fsp3) is 0.875. The molecule has 0 bridgehead atoms. The number of hydrogen-bond acceptors (Lipinski definition) is 3. The Kier molecular flexibility index (Phi) is 2.88. The number of nitrogens with one attached hydrogen (secondary N) is 1. The molecule has 3 nitrogen and oxygen atoms in total. The smallest absolute Gasteiger partial charge is 0.322 e. The lowest BCUT2D eigenvalue weighted by Gasteiger charge is -2.09. The first-order valence-electron chi connectivity index (χ1n) is 4.11. The summed E-state index contributed by atoms with van der Waals surface area (Å²) in [5.41, 5.74) is 0. The van der Waals surface area contributed by atoms with Crippen LogP contribution in [0.2, 0.25) is 0 Å². The van der Waals surface area contributed by atoms with Crippen LogP contribution in [0.15, 0.2) is 0 Å². The molecule has 2 unspecified atom stereocenters. The van der Waals surface area contributed by atoms with Gasteiger partial charge < -0.3 is 10.1 Å². The fourth-order valence-corrected chi connectivity index (χ4v) is 1.47. The minimum absolute atomic E-state index is 0.0510. The molecule has 0 aromatic carbocycles. The van der Waals surface area contributed by atoms with Gasteiger partial charge in [-0.1, -0.05) is 6.92 Å². The largest absolute Gasteiger partial charge is 0.468 e. The fourth-order valence-electron chi connectivity index (χ4n) is 1.47. The molecular formula is C8H15NO2. The number of ether oxygens (including phenoxy) is 1. The molecule has 1 rings (SSSR count). The maximum atomic E-state index is 11.0. The Hall–Kier alpha value is -0.570. The lowest BCUT2D eigenvalue weighted by molar-refractivity contribution is -0.142. The number of hydrogen-bond donors (Lipinski definition) is 1. The van der Waals surface area contributed by atoms with Crippen molar-refractivity contribution in [2.24, 2.45) is 0 Å². The van der Waals surface area contributed by atoms with Crippen LogP contribution in [-0.4, -0.2) is 25.2 Å². The Morgan fingerprint density at radius 1 is 1.64 bits per heavy atom. The van der Waals surface area contributed by atoms with Crippen LogP contribution >= 0.6 is 0 Å². The Morgan fingerprint density at radius 3 is 2.82 bits per heavy atom. The van der Waals surface area contributed by atoms with Gasteiger partial charge in [0.25, 0.3) is 0 Å². The first-order valence-corrected chi connectivity index (χ1v) is 4.11. The van der Waals surface area contributed by atoms with Crippen LogP contribution in [0.4, 0.5) is 0 Å². The summed E-state index contributed by atoms with van der Waals surface area (Å²) in [5.74, 6) is -0.124. The highest BCUT2D eigenvalue weighted by atomic mass is 16.5. The highest BCUT2D eigenvalue weighted by molar-refractivity contribution is 5.76. The number of carbonyl (C=O) groups is 1. The van der Waals surface area contributed by atoms with E-state index in [1.54, 1.807) is 0 Å². The summed E-state index contributed by atoms with van der Waals surface area (Å²) in [6, 6.07) is 0.462. The molecule has 11 heavy (non-hydrogen) atoms. The van der Waals surface area contributed by atoms with E-state index in [1.807, 2.05) is 0 Å². The van der Waals surface area contributed by atoms with Crippen LogP contribution in [0.3, 0.4) is 0 Å². The second-order valence-electron chi connectivity index (χ2n) is 2.92. The van der Waals surface area contributed by atoms with Gasteiger partial charge in [-0.3, -0.25) is 4.79 Å². The van der Waals surface area contributed by atoms with Gasteiger partial charge in [-0.25, -0.2) is 0 Å². The molecule has 1 fully saturated rings. The van der Waals surface area contributed by atoms with E-state index in [4.69, 9.17) is 0 Å². The molecule has 0 aliphatic carbocycles. The van der Waals surface area contributed by atoms with Crippen molar-refractivity contribution in [2.75, 3.05) is 7.11 Å². The van der Waals surface area contributed by atoms with Crippen LogP contribution in [-0.2, 0) is 9.53 Å². The molecule has 1 saturated heterocycles. The summed E-state index contributed by atoms with van der Waals surface area (Å²) >= 11 is 0. The maximum Gasteiger partial charge on any atom is 0.322 e. The number of carbonyl (C=O) groups excluding carboxylic acids is 1. The number of rotatable bonds is 2. The van der Waals surface area contributed by atoms with E-state index >= 15 is 0 Å². The SMILES string of the molecule is CCC1CCC(C(=O)OC)N1. The molecule has 0 spiro atoms. The predicted octanol–water partition coefficient (Wildman–Crippen LogP) is 0.690. The molecule has 64 valence electrons. The predicted molar refractivity (Wildman–Crippen MR) is 42.3 cm³/mol. The van der Waals surface area contributed by atoms with E-state index in [-0.39, 0.29) is 12.0 Å². The van der Waals surface area contributed by atoms with Gasteiger partial charge in [0.15, 0.2) is 0 Å². The standard InChI is InChI=1S/C8H15NO2/c1-3-6-4-5-7(9-6)8(10)11-2/h6-7,9H,3-5H2,1-2H3. The first kappa shape index (κ1) is 8.53. The molecular weight excluding hydrogens is 142 g/mol. The minimum Gasteiger partial charge on any atom is -0.468 e. The average molecular weight is 157 g/mol. The van der Waals surface area contributed by atoms with E-state index in [0.29, 0.717) is 6.04 Å². The van der Waals surface area contributed by atoms with Gasteiger partial charge >= 0.3 is 5.97 Å². The maximum absolute atomic E-state index is 11.0. The van der Waals surface area contributed by atoms with Crippen LogP contribution in [0, 0.1) is 0 Å². The summed E-state index contributed by atoms with van der Waals surface area (Å²) in [6.45, 7) is 2.12. The van der Waals surface area contributed by atoms with Gasteiger partial charge in [0.05, 0.1) is 7.11 Å². The molecule has 3 heteroatoms. The van der Waals surface area contributed by atoms with Crippen molar-refractivity contribution in [3.8, 4) is 0 Å². The third-order valence-electron chi connectivity index (χ3n) is 2.22. The zero-order valence-electron chi connectivity index (χ0n) is 7.09. The van der Waals surface area contributed by atoms with E-state index < -0.39 is 0 Å². The molecule has 0 saturated carbocycles. The van der Waals surface area contributed by atoms with Gasteiger partial charge in [-0.15, -0.1) is 0 Å². The van der Waals surface area contributed by atoms with Gasteiger partial charge in [-0.05, 0) is 19.3 Å². The van der Waals surface area contributed by atoms with Crippen LogP contribution in [0.25, 0.3) is 0 Å². The van der Waals surface area contributed by atoms with Crippen molar-refractivity contribution >= 4 is 5.97 Å². The summed E-state index contributed by atoms with van der Waals surface area (Å²) in [4.78, 5) is 11.0. The van der Waals surface area contributed by atoms with Gasteiger partial charge in [0.2, 0.25) is 0 Å². The third kappa shape index (κ3) is 1.93. The minimum atomic E-state index is -0.124. The van der Waals surface area contributed by atoms with Gasteiger partial charge in [0.1, 0.15) is 6.04 Å². The second-order valence-corrected chi connectivity index (χ2v) is 2.92. The van der Waals surface area contributed by atoms with Crippen molar-refractivity contribution in [2.45, 2.75) is 38.3 Å². The van der Waals surface area contributed by atoms with Crippen LogP contribution in [0.1, 0.15) is 26.2 Å². The molecule has 0 amide bonds. The second kappa shape index (κ2) is 3.72. The first-order chi connectivity index (χ1) is 5.27. The van der Waals surface area contributed by atoms with Gasteiger partial charge in [0, 0.05) is 6.04 Å². The highest BCUT2D eigenvalue weighted by Crippen LogP contribution is 2.15.